The van der Waals surface area contributed by atoms with Crippen LogP contribution < -0.4 is 0 Å². The summed E-state index contributed by atoms with van der Waals surface area (Å²) in [6.45, 7) is 0. The van der Waals surface area contributed by atoms with E-state index in [1.165, 1.54) is 12.1 Å². The van der Waals surface area contributed by atoms with Crippen LogP contribution in [-0.4, -0.2) is 9.13 Å². The molecule has 12 aromatic rings. The molecule has 0 atom stereocenters. The number of rotatable bonds is 7. The van der Waals surface area contributed by atoms with Crippen LogP contribution >= 0.6 is 0 Å². The normalized spacial score (nSPS) is 11.6. The van der Waals surface area contributed by atoms with E-state index in [0.717, 1.165) is 6.07 Å². The van der Waals surface area contributed by atoms with E-state index in [4.69, 9.17) is 0 Å². The highest BCUT2D eigenvalue weighted by Crippen LogP contribution is 2.47. The molecule has 0 aliphatic heterocycles. The molecule has 0 aliphatic rings. The maximum Gasteiger partial charge on any atom is 0.417 e. The second kappa shape index (κ2) is 19.1. The minimum absolute atomic E-state index is 0.0384. The lowest BCUT2D eigenvalue weighted by atomic mass is 9.94. The van der Waals surface area contributed by atoms with E-state index in [0.29, 0.717) is 116 Å². The molecule has 2 heterocycles. The molecule has 0 amide bonds. The molecule has 378 valence electrons. The van der Waals surface area contributed by atoms with E-state index in [1.54, 1.807) is 106 Å². The molecular formula is C67H33F6N7. The highest BCUT2D eigenvalue weighted by molar-refractivity contribution is 6.13. The Labute approximate surface area is 452 Å². The van der Waals surface area contributed by atoms with Crippen LogP contribution in [0.5, 0.6) is 0 Å². The average molecular weight is 1050 g/mol. The van der Waals surface area contributed by atoms with Gasteiger partial charge in [0, 0.05) is 21.5 Å². The topological polar surface area (TPSA) is 129 Å². The molecule has 0 N–H and O–H groups in total. The Morgan fingerprint density at radius 3 is 0.912 bits per heavy atom. The molecule has 0 saturated heterocycles. The SMILES string of the molecule is N#Cc1ccccc1-c1ccc2c3ccc(-c4ccccc4C#N)cc3n(-c3cc(-c4ccc(C(F)(F)F)cc4C(F)(F)F)cc(-n4c5cc(-c6ccccc6C#N)ccc5c5ccc(-c6ccccc6C#N)cc54)c3C#N)c2c1. The molecule has 10 aromatic carbocycles. The van der Waals surface area contributed by atoms with Gasteiger partial charge in [0.1, 0.15) is 11.6 Å². The van der Waals surface area contributed by atoms with Crippen LogP contribution in [0.4, 0.5) is 26.3 Å². The Balaban J connectivity index is 1.28. The minimum Gasteiger partial charge on any atom is -0.308 e. The fraction of sp³-hybridized carbons (Fsp3) is 0.0299. The van der Waals surface area contributed by atoms with Crippen LogP contribution in [0, 0.1) is 56.7 Å². The van der Waals surface area contributed by atoms with E-state index in [2.05, 4.69) is 30.3 Å². The predicted molar refractivity (Wildman–Crippen MR) is 296 cm³/mol. The molecule has 0 spiro atoms. The number of hydrogen-bond donors (Lipinski definition) is 0. The Kier molecular flexibility index (Phi) is 11.9. The molecule has 12 rings (SSSR count). The third kappa shape index (κ3) is 8.21. The molecule has 0 radical (unpaired) electrons. The van der Waals surface area contributed by atoms with Gasteiger partial charge in [0.25, 0.3) is 0 Å². The van der Waals surface area contributed by atoms with E-state index in [-0.39, 0.29) is 28.6 Å². The van der Waals surface area contributed by atoms with Gasteiger partial charge in [-0.25, -0.2) is 0 Å². The average Bonchev–Trinajstić information content (AvgIpc) is 3.51. The fourth-order valence-corrected chi connectivity index (χ4v) is 11.0. The van der Waals surface area contributed by atoms with Crippen molar-refractivity contribution in [1.82, 2.24) is 9.13 Å². The zero-order chi connectivity index (χ0) is 55.6. The number of nitriles is 5. The third-order valence-corrected chi connectivity index (χ3v) is 14.6. The van der Waals surface area contributed by atoms with Gasteiger partial charge in [-0.1, -0.05) is 127 Å². The summed E-state index contributed by atoms with van der Waals surface area (Å²) >= 11 is 0. The number of alkyl halides is 6. The highest BCUT2D eigenvalue weighted by Gasteiger charge is 2.39. The molecule has 0 unspecified atom stereocenters. The largest absolute Gasteiger partial charge is 0.417 e. The number of nitrogens with zero attached hydrogens (tertiary/aromatic N) is 7. The summed E-state index contributed by atoms with van der Waals surface area (Å²) in [7, 11) is 0. The number of hydrogen-bond acceptors (Lipinski definition) is 5. The zero-order valence-corrected chi connectivity index (χ0v) is 41.5. The van der Waals surface area contributed by atoms with Crippen molar-refractivity contribution in [3.63, 3.8) is 0 Å². The fourth-order valence-electron chi connectivity index (χ4n) is 11.0. The predicted octanol–water partition coefficient (Wildman–Crippen LogP) is 17.6. The minimum atomic E-state index is -5.32. The first-order chi connectivity index (χ1) is 38.7. The molecule has 13 heteroatoms. The monoisotopic (exact) mass is 1050 g/mol. The van der Waals surface area contributed by atoms with Gasteiger partial charge in [0.05, 0.1) is 91.1 Å². The lowest BCUT2D eigenvalue weighted by molar-refractivity contribution is -0.142. The van der Waals surface area contributed by atoms with E-state index in [1.807, 2.05) is 72.8 Å². The van der Waals surface area contributed by atoms with E-state index in [9.17, 15) is 39.5 Å². The van der Waals surface area contributed by atoms with Crippen LogP contribution in [0.1, 0.15) is 38.9 Å². The summed E-state index contributed by atoms with van der Waals surface area (Å²) in [6.07, 6.45) is -10.5. The summed E-state index contributed by atoms with van der Waals surface area (Å²) in [5.41, 5.74) is 3.96. The van der Waals surface area contributed by atoms with Crippen molar-refractivity contribution < 1.29 is 26.3 Å². The maximum atomic E-state index is 15.6. The number of aromatic nitrogens is 2. The van der Waals surface area contributed by atoms with Crippen molar-refractivity contribution >= 4 is 43.6 Å². The Hall–Kier alpha value is -11.2. The van der Waals surface area contributed by atoms with Crippen molar-refractivity contribution in [3.05, 3.63) is 239 Å². The van der Waals surface area contributed by atoms with Crippen LogP contribution in [0.15, 0.2) is 200 Å². The molecular weight excluding hydrogens is 1020 g/mol. The number of benzene rings is 10. The van der Waals surface area contributed by atoms with Gasteiger partial charge in [-0.15, -0.1) is 0 Å². The maximum absolute atomic E-state index is 15.6. The summed E-state index contributed by atoms with van der Waals surface area (Å²) in [5.74, 6) is 0. The first-order valence-electron chi connectivity index (χ1n) is 24.7. The van der Waals surface area contributed by atoms with Gasteiger partial charge in [0.2, 0.25) is 0 Å². The Morgan fingerprint density at radius 1 is 0.300 bits per heavy atom. The Bertz CT molecular complexity index is 4340. The van der Waals surface area contributed by atoms with Crippen molar-refractivity contribution in [1.29, 1.82) is 26.3 Å². The van der Waals surface area contributed by atoms with Crippen molar-refractivity contribution in [2.75, 3.05) is 0 Å². The summed E-state index contributed by atoms with van der Waals surface area (Å²) in [4.78, 5) is 0. The van der Waals surface area contributed by atoms with E-state index < -0.39 is 29.0 Å². The highest BCUT2D eigenvalue weighted by atomic mass is 19.4. The quantitative estimate of drug-likeness (QED) is 0.147. The third-order valence-electron chi connectivity index (χ3n) is 14.6. The summed E-state index contributed by atoms with van der Waals surface area (Å²) in [5, 5.41) is 55.6. The van der Waals surface area contributed by atoms with Gasteiger partial charge in [-0.3, -0.25) is 0 Å². The summed E-state index contributed by atoms with van der Waals surface area (Å²) < 4.78 is 93.4. The molecule has 0 aliphatic carbocycles. The van der Waals surface area contributed by atoms with Crippen LogP contribution in [0.2, 0.25) is 0 Å². The van der Waals surface area contributed by atoms with Gasteiger partial charge >= 0.3 is 12.4 Å². The second-order valence-electron chi connectivity index (χ2n) is 19.0. The Morgan fingerprint density at radius 2 is 0.625 bits per heavy atom. The molecule has 7 nitrogen and oxygen atoms in total. The van der Waals surface area contributed by atoms with E-state index >= 15 is 13.2 Å². The lowest BCUT2D eigenvalue weighted by Gasteiger charge is -2.21. The van der Waals surface area contributed by atoms with Crippen molar-refractivity contribution in [2.45, 2.75) is 12.4 Å². The zero-order valence-electron chi connectivity index (χ0n) is 41.5. The standard InChI is InChI=1S/C67H33F6N7/c68-66(69,70)48-21-26-53(59(33-48)67(71,72)73)47-31-64(79-60-27-39(49-13-5-1-9-43(49)34-74)17-22-54(60)55-23-18-40(28-61(55)79)50-14-6-2-10-44(50)35-75)58(38-78)65(32-47)80-62-29-41(51-15-7-3-11-45(51)36-76)19-24-56(62)57-25-20-42(30-63(57)80)52-16-8-4-12-46(52)37-77/h1-33H. The van der Waals surface area contributed by atoms with Crippen molar-refractivity contribution in [3.8, 4) is 97.4 Å². The molecule has 0 saturated carbocycles. The van der Waals surface area contributed by atoms with Gasteiger partial charge in [-0.05, 0) is 128 Å². The number of halogens is 6. The van der Waals surface area contributed by atoms with Gasteiger partial charge in [-0.2, -0.15) is 52.7 Å². The first-order valence-corrected chi connectivity index (χ1v) is 24.7. The first kappa shape index (κ1) is 49.7. The second-order valence-corrected chi connectivity index (χ2v) is 19.0. The molecule has 2 aromatic heterocycles. The molecule has 0 fully saturated rings. The summed E-state index contributed by atoms with van der Waals surface area (Å²) in [6, 6.07) is 65.5. The van der Waals surface area contributed by atoms with Gasteiger partial charge in [0.15, 0.2) is 0 Å². The smallest absolute Gasteiger partial charge is 0.308 e. The van der Waals surface area contributed by atoms with Crippen molar-refractivity contribution in [2.24, 2.45) is 0 Å². The van der Waals surface area contributed by atoms with Gasteiger partial charge < -0.3 is 9.13 Å². The number of fused-ring (bicyclic) bond motifs is 6. The lowest BCUT2D eigenvalue weighted by Crippen LogP contribution is -2.12. The van der Waals surface area contributed by atoms with Crippen LogP contribution in [0.25, 0.3) is 111 Å². The molecule has 0 bridgehead atoms. The molecule has 80 heavy (non-hydrogen) atoms. The van der Waals surface area contributed by atoms with Crippen LogP contribution in [-0.2, 0) is 12.4 Å². The van der Waals surface area contributed by atoms with Crippen LogP contribution in [0.3, 0.4) is 0 Å².